The molecule has 4 N–H and O–H groups in total. The third-order valence-corrected chi connectivity index (χ3v) is 3.37. The van der Waals surface area contributed by atoms with Crippen molar-refractivity contribution in [2.45, 2.75) is 17.9 Å². The number of anilines is 1. The van der Waals surface area contributed by atoms with E-state index in [1.165, 1.54) is 19.1 Å². The van der Waals surface area contributed by atoms with Gasteiger partial charge in [0.1, 0.15) is 5.78 Å². The van der Waals surface area contributed by atoms with Crippen LogP contribution in [0, 0.1) is 0 Å². The van der Waals surface area contributed by atoms with Gasteiger partial charge in [0, 0.05) is 5.69 Å². The monoisotopic (exact) mass is 301 g/mol. The van der Waals surface area contributed by atoms with Gasteiger partial charge < -0.3 is 15.9 Å². The van der Waals surface area contributed by atoms with Crippen LogP contribution in [0.3, 0.4) is 0 Å². The molecule has 2 atom stereocenters. The number of nitrogen functional groups attached to an aromatic ring is 1. The molecule has 17 heavy (non-hydrogen) atoms. The van der Waals surface area contributed by atoms with E-state index < -0.39 is 16.9 Å². The number of alkyl halides is 1. The molecule has 0 saturated carbocycles. The predicted molar refractivity (Wildman–Crippen MR) is 65.8 cm³/mol. The highest BCUT2D eigenvalue weighted by molar-refractivity contribution is 9.09. The summed E-state index contributed by atoms with van der Waals surface area (Å²) in [5, 5.41) is 18.1. The lowest BCUT2D eigenvalue weighted by Crippen LogP contribution is -2.12. The number of halogens is 1. The number of carbonyl (C=O) groups is 2. The van der Waals surface area contributed by atoms with E-state index in [-0.39, 0.29) is 11.3 Å². The molecule has 0 aliphatic carbocycles. The maximum absolute atomic E-state index is 11.2. The third-order valence-electron chi connectivity index (χ3n) is 2.20. The number of aliphatic carboxylic acids is 1. The Morgan fingerprint density at radius 1 is 1.29 bits per heavy atom. The predicted octanol–water partition coefficient (Wildman–Crippen LogP) is 1.41. The number of rotatable bonds is 4. The van der Waals surface area contributed by atoms with Gasteiger partial charge in [-0.2, -0.15) is 0 Å². The first-order chi connectivity index (χ1) is 7.82. The molecule has 2 unspecified atom stereocenters. The fraction of sp³-hybridized carbons (Fsp3) is 0.273. The molecular formula is C11H12BrNO4. The molecule has 0 radical (unpaired) electrons. The van der Waals surface area contributed by atoms with Gasteiger partial charge in [-0.05, 0) is 30.2 Å². The summed E-state index contributed by atoms with van der Waals surface area (Å²) in [5.74, 6) is -1.50. The van der Waals surface area contributed by atoms with Crippen molar-refractivity contribution in [3.63, 3.8) is 0 Å². The molecule has 0 heterocycles. The molecule has 0 aromatic heterocycles. The van der Waals surface area contributed by atoms with Crippen molar-refractivity contribution < 1.29 is 19.8 Å². The van der Waals surface area contributed by atoms with E-state index in [0.717, 1.165) is 0 Å². The van der Waals surface area contributed by atoms with Gasteiger partial charge in [0.25, 0.3) is 0 Å². The molecule has 0 aliphatic heterocycles. The van der Waals surface area contributed by atoms with Crippen LogP contribution in [0.1, 0.15) is 29.0 Å². The van der Waals surface area contributed by atoms with Crippen molar-refractivity contribution in [3.8, 4) is 0 Å². The zero-order chi connectivity index (χ0) is 13.2. The van der Waals surface area contributed by atoms with Crippen molar-refractivity contribution in [1.29, 1.82) is 0 Å². The second-order valence-corrected chi connectivity index (χ2v) is 4.56. The third kappa shape index (κ3) is 3.28. The number of carbonyl (C=O) groups excluding carboxylic acids is 1. The van der Waals surface area contributed by atoms with E-state index in [4.69, 9.17) is 10.8 Å². The lowest BCUT2D eigenvalue weighted by Gasteiger charge is -2.12. The van der Waals surface area contributed by atoms with Gasteiger partial charge in [-0.25, -0.2) is 4.79 Å². The molecule has 0 bridgehead atoms. The second-order valence-electron chi connectivity index (χ2n) is 3.65. The smallest absolute Gasteiger partial charge is 0.337 e. The van der Waals surface area contributed by atoms with Crippen LogP contribution in [0.15, 0.2) is 18.2 Å². The summed E-state index contributed by atoms with van der Waals surface area (Å²) < 4.78 is 0. The van der Waals surface area contributed by atoms with Gasteiger partial charge in [-0.1, -0.05) is 22.0 Å². The highest BCUT2D eigenvalue weighted by Gasteiger charge is 2.20. The Hall–Kier alpha value is -1.40. The van der Waals surface area contributed by atoms with E-state index in [1.807, 2.05) is 0 Å². The Morgan fingerprint density at radius 2 is 1.82 bits per heavy atom. The van der Waals surface area contributed by atoms with Crippen molar-refractivity contribution in [2.75, 3.05) is 5.73 Å². The molecule has 0 saturated heterocycles. The number of aliphatic hydroxyl groups is 1. The van der Waals surface area contributed by atoms with Crippen LogP contribution < -0.4 is 5.73 Å². The molecule has 6 heteroatoms. The molecule has 92 valence electrons. The van der Waals surface area contributed by atoms with Crippen molar-refractivity contribution >= 4 is 33.4 Å². The number of Topliss-reactive ketones (excluding diaryl/α,β-unsaturated/α-hetero) is 1. The van der Waals surface area contributed by atoms with E-state index >= 15 is 0 Å². The molecule has 5 nitrogen and oxygen atoms in total. The van der Waals surface area contributed by atoms with Gasteiger partial charge in [0.15, 0.2) is 6.10 Å². The number of aliphatic hydroxyl groups excluding tert-OH is 1. The topological polar surface area (TPSA) is 101 Å². The number of nitrogens with two attached hydrogens (primary N) is 1. The number of carboxylic acids is 1. The quantitative estimate of drug-likeness (QED) is 0.577. The van der Waals surface area contributed by atoms with E-state index in [9.17, 15) is 14.7 Å². The molecule has 0 amide bonds. The molecule has 0 fully saturated rings. The maximum Gasteiger partial charge on any atom is 0.337 e. The zero-order valence-corrected chi connectivity index (χ0v) is 10.6. The minimum absolute atomic E-state index is 0.133. The summed E-state index contributed by atoms with van der Waals surface area (Å²) >= 11 is 3.17. The van der Waals surface area contributed by atoms with Gasteiger partial charge in [0.05, 0.1) is 4.83 Å². The summed E-state index contributed by atoms with van der Waals surface area (Å²) in [7, 11) is 0. The maximum atomic E-state index is 11.2. The zero-order valence-electron chi connectivity index (χ0n) is 9.05. The summed E-state index contributed by atoms with van der Waals surface area (Å²) in [4.78, 5) is 21.3. The Balaban J connectivity index is 3.19. The standard InChI is InChI=1S/C11H12BrNO4/c1-5(14)9(12)6-2-7(4-8(13)3-6)10(15)11(16)17/h2-4,9-10,15H,13H2,1H3,(H,16,17). The van der Waals surface area contributed by atoms with Crippen LogP contribution in [0.4, 0.5) is 5.69 Å². The van der Waals surface area contributed by atoms with Crippen LogP contribution in [-0.4, -0.2) is 22.0 Å². The molecule has 1 rings (SSSR count). The lowest BCUT2D eigenvalue weighted by atomic mass is 10.0. The highest BCUT2D eigenvalue weighted by Crippen LogP contribution is 2.28. The number of hydrogen-bond acceptors (Lipinski definition) is 4. The second kappa shape index (κ2) is 5.29. The van der Waals surface area contributed by atoms with Crippen LogP contribution in [0.25, 0.3) is 0 Å². The van der Waals surface area contributed by atoms with Crippen LogP contribution in [0.2, 0.25) is 0 Å². The van der Waals surface area contributed by atoms with Crippen molar-refractivity contribution in [2.24, 2.45) is 0 Å². The average molecular weight is 302 g/mol. The van der Waals surface area contributed by atoms with Crippen molar-refractivity contribution in [1.82, 2.24) is 0 Å². The normalized spacial score (nSPS) is 14.1. The minimum Gasteiger partial charge on any atom is -0.479 e. The fourth-order valence-electron chi connectivity index (χ4n) is 1.38. The number of carboxylic acid groups (broad SMARTS) is 1. The number of hydrogen-bond donors (Lipinski definition) is 3. The van der Waals surface area contributed by atoms with E-state index in [2.05, 4.69) is 15.9 Å². The largest absolute Gasteiger partial charge is 0.479 e. The lowest BCUT2D eigenvalue weighted by molar-refractivity contribution is -0.146. The first kappa shape index (κ1) is 13.7. The summed E-state index contributed by atoms with van der Waals surface area (Å²) in [6, 6.07) is 4.36. The number of benzene rings is 1. The van der Waals surface area contributed by atoms with Crippen LogP contribution in [0.5, 0.6) is 0 Å². The Kier molecular flexibility index (Phi) is 4.25. The summed E-state index contributed by atoms with van der Waals surface area (Å²) in [6.45, 7) is 1.40. The first-order valence-electron chi connectivity index (χ1n) is 4.78. The van der Waals surface area contributed by atoms with Gasteiger partial charge in [-0.15, -0.1) is 0 Å². The van der Waals surface area contributed by atoms with Crippen LogP contribution in [-0.2, 0) is 9.59 Å². The number of ketones is 1. The first-order valence-corrected chi connectivity index (χ1v) is 5.70. The van der Waals surface area contributed by atoms with E-state index in [1.54, 1.807) is 6.07 Å². The summed E-state index contributed by atoms with van der Waals surface area (Å²) in [6.07, 6.45) is -1.65. The molecule has 1 aromatic carbocycles. The van der Waals surface area contributed by atoms with E-state index in [0.29, 0.717) is 11.3 Å². The Morgan fingerprint density at radius 3 is 2.29 bits per heavy atom. The molecule has 0 spiro atoms. The van der Waals surface area contributed by atoms with Crippen molar-refractivity contribution in [3.05, 3.63) is 29.3 Å². The summed E-state index contributed by atoms with van der Waals surface area (Å²) in [5.41, 5.74) is 6.57. The van der Waals surface area contributed by atoms with Gasteiger partial charge >= 0.3 is 5.97 Å². The minimum atomic E-state index is -1.65. The molecular weight excluding hydrogens is 290 g/mol. The SMILES string of the molecule is CC(=O)C(Br)c1cc(N)cc(C(O)C(=O)O)c1. The Labute approximate surface area is 106 Å². The highest BCUT2D eigenvalue weighted by atomic mass is 79.9. The average Bonchev–Trinajstić information content (AvgIpc) is 2.25. The molecule has 1 aromatic rings. The Bertz CT molecular complexity index is 423. The van der Waals surface area contributed by atoms with Gasteiger partial charge in [0.2, 0.25) is 0 Å². The fourth-order valence-corrected chi connectivity index (χ4v) is 1.65. The van der Waals surface area contributed by atoms with Gasteiger partial charge in [-0.3, -0.25) is 4.79 Å². The molecule has 0 aliphatic rings. The van der Waals surface area contributed by atoms with Crippen LogP contribution >= 0.6 is 15.9 Å².